The van der Waals surface area contributed by atoms with Gasteiger partial charge in [-0.25, -0.2) is 0 Å². The van der Waals surface area contributed by atoms with E-state index < -0.39 is 0 Å². The summed E-state index contributed by atoms with van der Waals surface area (Å²) in [4.78, 5) is 0. The van der Waals surface area contributed by atoms with Gasteiger partial charge >= 0.3 is 0 Å². The summed E-state index contributed by atoms with van der Waals surface area (Å²) in [7, 11) is 0. The van der Waals surface area contributed by atoms with Crippen LogP contribution in [0.5, 0.6) is 0 Å². The maximum absolute atomic E-state index is 4.07. The minimum atomic E-state index is 0.516. The second-order valence-electron chi connectivity index (χ2n) is 6.19. The molecule has 1 saturated heterocycles. The maximum atomic E-state index is 4.07. The molecule has 1 heterocycles. The smallest absolute Gasteiger partial charge is 0.0226 e. The van der Waals surface area contributed by atoms with Crippen molar-refractivity contribution in [2.24, 2.45) is 0 Å². The third-order valence-corrected chi connectivity index (χ3v) is 5.08. The summed E-state index contributed by atoms with van der Waals surface area (Å²) in [6.07, 6.45) is 14.2. The molecule has 2 heteroatoms. The average Bonchev–Trinajstić information content (AvgIpc) is 2.49. The first-order valence-electron chi connectivity index (χ1n) is 7.39. The van der Waals surface area contributed by atoms with Gasteiger partial charge in [-0.2, -0.15) is 0 Å². The van der Waals surface area contributed by atoms with E-state index in [2.05, 4.69) is 10.6 Å². The predicted molar refractivity (Wildman–Crippen MR) is 67.6 cm³/mol. The molecule has 1 spiro atoms. The molecule has 2 N–H and O–H groups in total. The molecular weight excluding hydrogens is 196 g/mol. The van der Waals surface area contributed by atoms with Crippen molar-refractivity contribution in [1.82, 2.24) is 10.6 Å². The summed E-state index contributed by atoms with van der Waals surface area (Å²) in [6, 6.07) is 1.55. The first-order chi connectivity index (χ1) is 7.88. The van der Waals surface area contributed by atoms with Gasteiger partial charge in [0.1, 0.15) is 0 Å². The summed E-state index contributed by atoms with van der Waals surface area (Å²) in [6.45, 7) is 1.24. The summed E-state index contributed by atoms with van der Waals surface area (Å²) in [5.41, 5.74) is 0.516. The maximum Gasteiger partial charge on any atom is 0.0226 e. The molecule has 2 atom stereocenters. The fraction of sp³-hybridized carbons (Fsp3) is 1.00. The molecule has 3 aliphatic rings. The van der Waals surface area contributed by atoms with Gasteiger partial charge in [-0.1, -0.05) is 32.1 Å². The lowest BCUT2D eigenvalue weighted by Gasteiger charge is -2.41. The molecule has 2 aliphatic carbocycles. The average molecular weight is 222 g/mol. The number of nitrogens with one attached hydrogen (secondary N) is 2. The zero-order chi connectivity index (χ0) is 10.8. The fourth-order valence-corrected chi connectivity index (χ4v) is 4.13. The molecule has 16 heavy (non-hydrogen) atoms. The van der Waals surface area contributed by atoms with Crippen LogP contribution in [0, 0.1) is 0 Å². The molecule has 0 aromatic heterocycles. The second-order valence-corrected chi connectivity index (χ2v) is 6.19. The Morgan fingerprint density at radius 2 is 1.50 bits per heavy atom. The Bertz CT molecular complexity index is 233. The van der Waals surface area contributed by atoms with E-state index in [-0.39, 0.29) is 0 Å². The van der Waals surface area contributed by atoms with Gasteiger partial charge in [0.2, 0.25) is 0 Å². The standard InChI is InChI=1S/C14H26N2/c1-4-8-14(9-5-1)10-11-15-12-6-2-3-7-13(12)16-14/h12-13,15-16H,1-11H2/t12-,13-/m1/s1. The van der Waals surface area contributed by atoms with Gasteiger partial charge < -0.3 is 10.6 Å². The molecule has 0 unspecified atom stereocenters. The number of hydrogen-bond donors (Lipinski definition) is 2. The Morgan fingerprint density at radius 3 is 2.31 bits per heavy atom. The second kappa shape index (κ2) is 4.66. The molecule has 3 rings (SSSR count). The van der Waals surface area contributed by atoms with Crippen LogP contribution >= 0.6 is 0 Å². The zero-order valence-electron chi connectivity index (χ0n) is 10.4. The summed E-state index contributed by atoms with van der Waals surface area (Å²) in [5, 5.41) is 7.86. The van der Waals surface area contributed by atoms with Crippen molar-refractivity contribution in [3.63, 3.8) is 0 Å². The van der Waals surface area contributed by atoms with Crippen molar-refractivity contribution < 1.29 is 0 Å². The van der Waals surface area contributed by atoms with E-state index in [0.717, 1.165) is 12.1 Å². The molecule has 92 valence electrons. The van der Waals surface area contributed by atoms with Gasteiger partial charge in [0.25, 0.3) is 0 Å². The topological polar surface area (TPSA) is 24.1 Å². The monoisotopic (exact) mass is 222 g/mol. The SMILES string of the molecule is C1CCC2(CC1)CCN[C@@H]1CCCC[C@H]1N2. The summed E-state index contributed by atoms with van der Waals surface area (Å²) < 4.78 is 0. The highest BCUT2D eigenvalue weighted by Crippen LogP contribution is 2.34. The Balaban J connectivity index is 1.71. The highest BCUT2D eigenvalue weighted by atomic mass is 15.1. The molecule has 0 amide bonds. The fourth-order valence-electron chi connectivity index (χ4n) is 4.13. The third kappa shape index (κ3) is 2.14. The van der Waals surface area contributed by atoms with E-state index >= 15 is 0 Å². The zero-order valence-corrected chi connectivity index (χ0v) is 10.4. The van der Waals surface area contributed by atoms with Crippen LogP contribution in [0.25, 0.3) is 0 Å². The van der Waals surface area contributed by atoms with Crippen LogP contribution in [0.1, 0.15) is 64.2 Å². The molecule has 2 nitrogen and oxygen atoms in total. The summed E-state index contributed by atoms with van der Waals surface area (Å²) in [5.74, 6) is 0. The van der Waals surface area contributed by atoms with Crippen molar-refractivity contribution >= 4 is 0 Å². The van der Waals surface area contributed by atoms with Crippen molar-refractivity contribution in [1.29, 1.82) is 0 Å². The quantitative estimate of drug-likeness (QED) is 0.658. The highest BCUT2D eigenvalue weighted by Gasteiger charge is 2.38. The van der Waals surface area contributed by atoms with Crippen molar-refractivity contribution in [3.8, 4) is 0 Å². The number of fused-ring (bicyclic) bond motifs is 1. The largest absolute Gasteiger partial charge is 0.312 e. The van der Waals surface area contributed by atoms with Crippen molar-refractivity contribution in [2.75, 3.05) is 6.54 Å². The molecule has 0 radical (unpaired) electrons. The van der Waals surface area contributed by atoms with Gasteiger partial charge in [0, 0.05) is 17.6 Å². The minimum Gasteiger partial charge on any atom is -0.312 e. The van der Waals surface area contributed by atoms with E-state index in [1.165, 1.54) is 70.8 Å². The lowest BCUT2D eigenvalue weighted by atomic mass is 9.78. The lowest BCUT2D eigenvalue weighted by molar-refractivity contribution is 0.186. The third-order valence-electron chi connectivity index (χ3n) is 5.08. The Kier molecular flexibility index (Phi) is 3.21. The normalized spacial score (nSPS) is 39.0. The van der Waals surface area contributed by atoms with Gasteiger partial charge in [-0.15, -0.1) is 0 Å². The summed E-state index contributed by atoms with van der Waals surface area (Å²) >= 11 is 0. The predicted octanol–water partition coefficient (Wildman–Crippen LogP) is 2.58. The van der Waals surface area contributed by atoms with Crippen molar-refractivity contribution in [2.45, 2.75) is 81.8 Å². The lowest BCUT2D eigenvalue weighted by Crippen LogP contribution is -2.55. The van der Waals surface area contributed by atoms with Crippen LogP contribution in [0.2, 0.25) is 0 Å². The molecule has 0 bridgehead atoms. The van der Waals surface area contributed by atoms with Crippen LogP contribution < -0.4 is 10.6 Å². The Morgan fingerprint density at radius 1 is 0.750 bits per heavy atom. The first kappa shape index (κ1) is 11.0. The van der Waals surface area contributed by atoms with Crippen LogP contribution in [0.15, 0.2) is 0 Å². The van der Waals surface area contributed by atoms with Gasteiger partial charge in [-0.05, 0) is 38.6 Å². The van der Waals surface area contributed by atoms with Crippen LogP contribution in [0.3, 0.4) is 0 Å². The minimum absolute atomic E-state index is 0.516. The van der Waals surface area contributed by atoms with Gasteiger partial charge in [-0.3, -0.25) is 0 Å². The van der Waals surface area contributed by atoms with E-state index in [4.69, 9.17) is 0 Å². The van der Waals surface area contributed by atoms with E-state index in [9.17, 15) is 0 Å². The van der Waals surface area contributed by atoms with E-state index in [1.807, 2.05) is 0 Å². The van der Waals surface area contributed by atoms with Crippen LogP contribution in [-0.2, 0) is 0 Å². The number of rotatable bonds is 0. The molecule has 3 fully saturated rings. The Hall–Kier alpha value is -0.0800. The number of hydrogen-bond acceptors (Lipinski definition) is 2. The van der Waals surface area contributed by atoms with Crippen LogP contribution in [0.4, 0.5) is 0 Å². The molecule has 2 saturated carbocycles. The van der Waals surface area contributed by atoms with Crippen LogP contribution in [-0.4, -0.2) is 24.2 Å². The Labute approximate surface area is 99.6 Å². The first-order valence-corrected chi connectivity index (χ1v) is 7.39. The molecule has 1 aliphatic heterocycles. The highest BCUT2D eigenvalue weighted by molar-refractivity contribution is 5.00. The molecular formula is C14H26N2. The van der Waals surface area contributed by atoms with Gasteiger partial charge in [0.15, 0.2) is 0 Å². The van der Waals surface area contributed by atoms with Gasteiger partial charge in [0.05, 0.1) is 0 Å². The van der Waals surface area contributed by atoms with E-state index in [0.29, 0.717) is 5.54 Å². The van der Waals surface area contributed by atoms with E-state index in [1.54, 1.807) is 0 Å². The molecule has 0 aromatic rings. The van der Waals surface area contributed by atoms with Crippen molar-refractivity contribution in [3.05, 3.63) is 0 Å². The molecule has 0 aromatic carbocycles.